The summed E-state index contributed by atoms with van der Waals surface area (Å²) in [6.07, 6.45) is 4.25. The summed E-state index contributed by atoms with van der Waals surface area (Å²) in [5, 5.41) is 3.06. The van der Waals surface area contributed by atoms with E-state index in [2.05, 4.69) is 11.2 Å². The monoisotopic (exact) mass is 243 g/mol. The van der Waals surface area contributed by atoms with Crippen LogP contribution in [0, 0.1) is 18.3 Å². The van der Waals surface area contributed by atoms with Gasteiger partial charge in [-0.25, -0.2) is 4.79 Å². The first-order valence-corrected chi connectivity index (χ1v) is 5.33. The highest BCUT2D eigenvalue weighted by Gasteiger charge is 2.33. The summed E-state index contributed by atoms with van der Waals surface area (Å²) in [4.78, 5) is 11.2. The van der Waals surface area contributed by atoms with Gasteiger partial charge in [0, 0.05) is 6.54 Å². The van der Waals surface area contributed by atoms with E-state index in [1.54, 1.807) is 0 Å². The number of hydrogen-bond donors (Lipinski definition) is 1. The van der Waals surface area contributed by atoms with Crippen molar-refractivity contribution in [3.05, 3.63) is 10.7 Å². The third-order valence-electron chi connectivity index (χ3n) is 1.88. The summed E-state index contributed by atoms with van der Waals surface area (Å²) in [5.41, 5.74) is 0.454. The molecule has 0 aromatic carbocycles. The van der Waals surface area contributed by atoms with E-state index in [9.17, 15) is 4.79 Å². The molecule has 1 aliphatic rings. The fourth-order valence-electron chi connectivity index (χ4n) is 1.14. The third kappa shape index (κ3) is 3.16. The molecule has 0 radical (unpaired) electrons. The predicted octanol–water partition coefficient (Wildman–Crippen LogP) is 1.22. The van der Waals surface area contributed by atoms with Gasteiger partial charge in [-0.1, -0.05) is 31.4 Å². The third-order valence-corrected chi connectivity index (χ3v) is 2.24. The molecule has 5 heteroatoms. The van der Waals surface area contributed by atoms with Crippen molar-refractivity contribution in [3.63, 3.8) is 0 Å². The van der Waals surface area contributed by atoms with Crippen molar-refractivity contribution in [1.29, 1.82) is 0 Å². The van der Waals surface area contributed by atoms with Crippen molar-refractivity contribution >= 4 is 17.6 Å². The normalized spacial score (nSPS) is 19.9. The van der Waals surface area contributed by atoms with E-state index in [0.29, 0.717) is 18.2 Å². The molecule has 88 valence electrons. The first-order chi connectivity index (χ1) is 7.56. The van der Waals surface area contributed by atoms with Crippen LogP contribution in [-0.2, 0) is 14.3 Å². The number of ether oxygens (including phenoxy) is 2. The summed E-state index contributed by atoms with van der Waals surface area (Å²) >= 11 is 5.80. The van der Waals surface area contributed by atoms with Crippen LogP contribution in [0.2, 0.25) is 0 Å². The Kier molecular flexibility index (Phi) is 4.66. The molecule has 16 heavy (non-hydrogen) atoms. The minimum absolute atomic E-state index is 0.0303. The minimum atomic E-state index is -0.810. The number of terminal acetylenes is 1. The smallest absolute Gasteiger partial charge is 0.354 e. The molecule has 0 fully saturated rings. The summed E-state index contributed by atoms with van der Waals surface area (Å²) in [7, 11) is 0. The summed E-state index contributed by atoms with van der Waals surface area (Å²) in [6, 6.07) is 0. The molecule has 0 amide bonds. The van der Waals surface area contributed by atoms with Crippen molar-refractivity contribution < 1.29 is 14.3 Å². The number of cyclic esters (lactones) is 1. The summed E-state index contributed by atoms with van der Waals surface area (Å²) in [6.45, 7) is 4.82. The van der Waals surface area contributed by atoms with Crippen LogP contribution < -0.4 is 5.32 Å². The Morgan fingerprint density at radius 3 is 2.94 bits per heavy atom. The van der Waals surface area contributed by atoms with Crippen molar-refractivity contribution in [3.8, 4) is 12.3 Å². The fraction of sp³-hybridized carbons (Fsp3) is 0.545. The van der Waals surface area contributed by atoms with E-state index in [1.165, 1.54) is 0 Å². The van der Waals surface area contributed by atoms with Crippen molar-refractivity contribution in [2.75, 3.05) is 13.2 Å². The van der Waals surface area contributed by atoms with Gasteiger partial charge in [-0.2, -0.15) is 0 Å². The van der Waals surface area contributed by atoms with Crippen LogP contribution in [0.25, 0.3) is 0 Å². The average Bonchev–Trinajstić information content (AvgIpc) is 2.49. The SMILES string of the molecule is C#CCOC1OC(=O)C(Cl)=C1NCC(C)C. The number of hydrogen-bond acceptors (Lipinski definition) is 4. The van der Waals surface area contributed by atoms with Crippen LogP contribution >= 0.6 is 11.6 Å². The van der Waals surface area contributed by atoms with E-state index < -0.39 is 12.3 Å². The number of halogens is 1. The molecule has 1 heterocycles. The minimum Gasteiger partial charge on any atom is -0.425 e. The van der Waals surface area contributed by atoms with Gasteiger partial charge in [-0.3, -0.25) is 0 Å². The van der Waals surface area contributed by atoms with E-state index in [0.717, 1.165) is 0 Å². The zero-order valence-corrected chi connectivity index (χ0v) is 10.0. The molecule has 0 aromatic heterocycles. The van der Waals surface area contributed by atoms with Crippen molar-refractivity contribution in [2.45, 2.75) is 20.1 Å². The molecule has 0 aromatic rings. The van der Waals surface area contributed by atoms with Crippen molar-refractivity contribution in [2.24, 2.45) is 5.92 Å². The first-order valence-electron chi connectivity index (χ1n) is 4.95. The molecule has 0 aliphatic carbocycles. The van der Waals surface area contributed by atoms with Gasteiger partial charge in [0.25, 0.3) is 0 Å². The van der Waals surface area contributed by atoms with Gasteiger partial charge < -0.3 is 14.8 Å². The van der Waals surface area contributed by atoms with Gasteiger partial charge >= 0.3 is 5.97 Å². The fourth-order valence-corrected chi connectivity index (χ4v) is 1.34. The number of rotatable bonds is 5. The average molecular weight is 244 g/mol. The van der Waals surface area contributed by atoms with Crippen LogP contribution in [-0.4, -0.2) is 25.4 Å². The molecule has 0 saturated heterocycles. The Morgan fingerprint density at radius 1 is 1.69 bits per heavy atom. The predicted molar refractivity (Wildman–Crippen MR) is 60.4 cm³/mol. The molecule has 0 bridgehead atoms. The number of carbonyl (C=O) groups excluding carboxylic acids is 1. The molecule has 1 atom stereocenters. The van der Waals surface area contributed by atoms with Crippen molar-refractivity contribution in [1.82, 2.24) is 5.32 Å². The van der Waals surface area contributed by atoms with Crippen LogP contribution in [0.3, 0.4) is 0 Å². The zero-order valence-electron chi connectivity index (χ0n) is 9.25. The lowest BCUT2D eigenvalue weighted by Crippen LogP contribution is -2.28. The van der Waals surface area contributed by atoms with Gasteiger partial charge in [-0.05, 0) is 5.92 Å². The van der Waals surface area contributed by atoms with Gasteiger partial charge in [0.1, 0.15) is 12.3 Å². The Hall–Kier alpha value is -1.18. The summed E-state index contributed by atoms with van der Waals surface area (Å²) < 4.78 is 10.0. The van der Waals surface area contributed by atoms with Gasteiger partial charge in [0.05, 0.1) is 0 Å². The van der Waals surface area contributed by atoms with E-state index in [1.807, 2.05) is 13.8 Å². The maximum Gasteiger partial charge on any atom is 0.354 e. The van der Waals surface area contributed by atoms with Gasteiger partial charge in [0.15, 0.2) is 5.03 Å². The first kappa shape index (κ1) is 12.9. The zero-order chi connectivity index (χ0) is 12.1. The second kappa shape index (κ2) is 5.78. The largest absolute Gasteiger partial charge is 0.425 e. The Labute approximate surface area is 99.9 Å². The van der Waals surface area contributed by atoms with E-state index >= 15 is 0 Å². The Bertz CT molecular complexity index is 344. The van der Waals surface area contributed by atoms with Crippen LogP contribution in [0.15, 0.2) is 10.7 Å². The summed E-state index contributed by atoms with van der Waals surface area (Å²) in [5.74, 6) is 2.13. The lowest BCUT2D eigenvalue weighted by Gasteiger charge is -2.16. The quantitative estimate of drug-likeness (QED) is 0.583. The molecule has 0 spiro atoms. The topological polar surface area (TPSA) is 47.6 Å². The highest BCUT2D eigenvalue weighted by atomic mass is 35.5. The lowest BCUT2D eigenvalue weighted by atomic mass is 10.2. The lowest BCUT2D eigenvalue weighted by molar-refractivity contribution is -0.158. The maximum atomic E-state index is 11.2. The maximum absolute atomic E-state index is 11.2. The Balaban J connectivity index is 2.65. The van der Waals surface area contributed by atoms with Gasteiger partial charge in [-0.15, -0.1) is 6.42 Å². The molecular formula is C11H14ClNO3. The molecule has 1 N–H and O–H groups in total. The molecular weight excluding hydrogens is 230 g/mol. The second-order valence-corrected chi connectivity index (χ2v) is 4.13. The standard InChI is InChI=1S/C11H14ClNO3/c1-4-5-15-11-9(13-6-7(2)3)8(12)10(14)16-11/h1,7,11,13H,5-6H2,2-3H3. The van der Waals surface area contributed by atoms with Crippen LogP contribution in [0.4, 0.5) is 0 Å². The highest BCUT2D eigenvalue weighted by molar-refractivity contribution is 6.42. The number of nitrogens with one attached hydrogen (secondary N) is 1. The van der Waals surface area contributed by atoms with Gasteiger partial charge in [0.2, 0.25) is 6.29 Å². The van der Waals surface area contributed by atoms with Crippen LogP contribution in [0.1, 0.15) is 13.8 Å². The molecule has 1 aliphatic heterocycles. The molecule has 1 unspecified atom stereocenters. The van der Waals surface area contributed by atoms with Crippen LogP contribution in [0.5, 0.6) is 0 Å². The molecule has 4 nitrogen and oxygen atoms in total. The molecule has 0 saturated carbocycles. The van der Waals surface area contributed by atoms with E-state index in [4.69, 9.17) is 27.5 Å². The molecule has 1 rings (SSSR count). The second-order valence-electron chi connectivity index (χ2n) is 3.75. The number of carbonyl (C=O) groups is 1. The van der Waals surface area contributed by atoms with E-state index in [-0.39, 0.29) is 11.6 Å². The Morgan fingerprint density at radius 2 is 2.38 bits per heavy atom. The highest BCUT2D eigenvalue weighted by Crippen LogP contribution is 2.24. The number of esters is 1.